The number of methoxy groups -OCH3 is 1. The molecule has 17 heavy (non-hydrogen) atoms. The van der Waals surface area contributed by atoms with E-state index < -0.39 is 15.8 Å². The Morgan fingerprint density at radius 3 is 2.35 bits per heavy atom. The second-order valence-corrected chi connectivity index (χ2v) is 5.96. The second kappa shape index (κ2) is 4.33. The first-order chi connectivity index (χ1) is 8.02. The van der Waals surface area contributed by atoms with Crippen molar-refractivity contribution in [3.05, 3.63) is 41.5 Å². The summed E-state index contributed by atoms with van der Waals surface area (Å²) >= 11 is 0. The zero-order valence-electron chi connectivity index (χ0n) is 9.34. The third-order valence-corrected chi connectivity index (χ3v) is 4.06. The van der Waals surface area contributed by atoms with Gasteiger partial charge in [0.1, 0.15) is 0 Å². The lowest BCUT2D eigenvalue weighted by molar-refractivity contribution is 0.0600. The first-order valence-corrected chi connectivity index (χ1v) is 6.92. The monoisotopic (exact) mass is 252 g/mol. The summed E-state index contributed by atoms with van der Waals surface area (Å²) in [5.41, 5.74) is 2.08. The van der Waals surface area contributed by atoms with E-state index in [1.165, 1.54) is 7.11 Å². The predicted octanol–water partition coefficient (Wildman–Crippen LogP) is 1.29. The molecule has 4 nitrogen and oxygen atoms in total. The van der Waals surface area contributed by atoms with Gasteiger partial charge in [-0.25, -0.2) is 13.2 Å². The van der Waals surface area contributed by atoms with Crippen molar-refractivity contribution in [1.82, 2.24) is 0 Å². The number of benzene rings is 1. The van der Waals surface area contributed by atoms with Crippen LogP contribution < -0.4 is 0 Å². The van der Waals surface area contributed by atoms with E-state index in [0.717, 1.165) is 11.1 Å². The Hall–Kier alpha value is -1.62. The molecule has 0 radical (unpaired) electrons. The minimum absolute atomic E-state index is 0.0740. The van der Waals surface area contributed by atoms with Crippen molar-refractivity contribution < 1.29 is 17.9 Å². The Morgan fingerprint density at radius 2 is 1.88 bits per heavy atom. The Kier molecular flexibility index (Phi) is 3.02. The summed E-state index contributed by atoms with van der Waals surface area (Å²) in [7, 11) is -1.64. The average molecular weight is 252 g/mol. The molecule has 0 unspecified atom stereocenters. The summed E-state index contributed by atoms with van der Waals surface area (Å²) in [5.74, 6) is -0.226. The molecule has 0 fully saturated rings. The molecular formula is C12H12O4S. The Balaban J connectivity index is 2.23. The Labute approximate surface area is 99.8 Å². The van der Waals surface area contributed by atoms with Crippen LogP contribution in [-0.2, 0) is 14.6 Å². The lowest BCUT2D eigenvalue weighted by Crippen LogP contribution is -2.03. The summed E-state index contributed by atoms with van der Waals surface area (Å²) in [6.45, 7) is 0. The molecule has 0 amide bonds. The summed E-state index contributed by atoms with van der Waals surface area (Å²) in [4.78, 5) is 11.2. The number of carbonyl (C=O) groups excluding carboxylic acids is 1. The quantitative estimate of drug-likeness (QED) is 0.744. The van der Waals surface area contributed by atoms with Gasteiger partial charge >= 0.3 is 5.97 Å². The van der Waals surface area contributed by atoms with E-state index in [4.69, 9.17) is 0 Å². The molecule has 5 heteroatoms. The van der Waals surface area contributed by atoms with Crippen LogP contribution >= 0.6 is 0 Å². The van der Waals surface area contributed by atoms with Crippen molar-refractivity contribution in [3.8, 4) is 0 Å². The van der Waals surface area contributed by atoms with E-state index in [1.807, 2.05) is 0 Å². The number of hydrogen-bond acceptors (Lipinski definition) is 4. The predicted molar refractivity (Wildman–Crippen MR) is 64.4 cm³/mol. The minimum Gasteiger partial charge on any atom is -0.465 e. The van der Waals surface area contributed by atoms with Crippen LogP contribution in [0.25, 0.3) is 5.57 Å². The molecule has 0 bridgehead atoms. The first-order valence-electron chi connectivity index (χ1n) is 5.10. The van der Waals surface area contributed by atoms with Gasteiger partial charge in [-0.1, -0.05) is 18.2 Å². The fourth-order valence-corrected chi connectivity index (χ4v) is 3.05. The van der Waals surface area contributed by atoms with Gasteiger partial charge in [0.15, 0.2) is 9.84 Å². The largest absolute Gasteiger partial charge is 0.465 e. The second-order valence-electron chi connectivity index (χ2n) is 3.85. The van der Waals surface area contributed by atoms with Gasteiger partial charge in [-0.3, -0.25) is 0 Å². The molecular weight excluding hydrogens is 240 g/mol. The zero-order valence-corrected chi connectivity index (χ0v) is 10.2. The van der Waals surface area contributed by atoms with Gasteiger partial charge in [0.2, 0.25) is 0 Å². The van der Waals surface area contributed by atoms with Gasteiger partial charge in [0.25, 0.3) is 0 Å². The number of sulfone groups is 1. The van der Waals surface area contributed by atoms with E-state index in [9.17, 15) is 13.2 Å². The number of ether oxygens (including phenoxy) is 1. The van der Waals surface area contributed by atoms with Gasteiger partial charge in [-0.05, 0) is 23.3 Å². The molecule has 1 aliphatic heterocycles. The smallest absolute Gasteiger partial charge is 0.337 e. The van der Waals surface area contributed by atoms with Crippen molar-refractivity contribution >= 4 is 21.4 Å². The van der Waals surface area contributed by atoms with Crippen molar-refractivity contribution in [2.24, 2.45) is 0 Å². The Bertz CT molecular complexity index is 567. The van der Waals surface area contributed by atoms with Crippen molar-refractivity contribution in [2.75, 3.05) is 18.6 Å². The van der Waals surface area contributed by atoms with Gasteiger partial charge in [-0.2, -0.15) is 0 Å². The maximum Gasteiger partial charge on any atom is 0.337 e. The molecule has 1 aromatic rings. The van der Waals surface area contributed by atoms with Crippen LogP contribution in [-0.4, -0.2) is 33.0 Å². The molecule has 0 saturated heterocycles. The molecule has 90 valence electrons. The highest BCUT2D eigenvalue weighted by molar-refractivity contribution is 7.92. The Morgan fingerprint density at radius 1 is 1.24 bits per heavy atom. The third-order valence-electron chi connectivity index (χ3n) is 2.64. The number of carbonyl (C=O) groups is 1. The highest BCUT2D eigenvalue weighted by atomic mass is 32.2. The molecule has 1 heterocycles. The molecule has 0 aliphatic carbocycles. The lowest BCUT2D eigenvalue weighted by Gasteiger charge is -2.03. The number of hydrogen-bond donors (Lipinski definition) is 0. The molecule has 0 saturated carbocycles. The molecule has 0 aromatic heterocycles. The highest BCUT2D eigenvalue weighted by Crippen LogP contribution is 2.22. The molecule has 0 N–H and O–H groups in total. The summed E-state index contributed by atoms with van der Waals surface area (Å²) in [6.07, 6.45) is 1.71. The van der Waals surface area contributed by atoms with Crippen LogP contribution in [0, 0.1) is 0 Å². The van der Waals surface area contributed by atoms with Crippen LogP contribution in [0.3, 0.4) is 0 Å². The van der Waals surface area contributed by atoms with Crippen LogP contribution in [0.4, 0.5) is 0 Å². The van der Waals surface area contributed by atoms with Crippen molar-refractivity contribution in [1.29, 1.82) is 0 Å². The SMILES string of the molecule is COC(=O)c1ccc(C2=CCS(=O)(=O)C2)cc1. The molecule has 1 aromatic carbocycles. The van der Waals surface area contributed by atoms with E-state index in [1.54, 1.807) is 30.3 Å². The van der Waals surface area contributed by atoms with Gasteiger partial charge in [-0.15, -0.1) is 0 Å². The van der Waals surface area contributed by atoms with Crippen molar-refractivity contribution in [3.63, 3.8) is 0 Å². The van der Waals surface area contributed by atoms with E-state index in [2.05, 4.69) is 4.74 Å². The molecule has 0 spiro atoms. The van der Waals surface area contributed by atoms with E-state index >= 15 is 0 Å². The maximum absolute atomic E-state index is 11.3. The van der Waals surface area contributed by atoms with Gasteiger partial charge in [0.05, 0.1) is 24.2 Å². The van der Waals surface area contributed by atoms with Gasteiger partial charge in [0, 0.05) is 0 Å². The van der Waals surface area contributed by atoms with Crippen molar-refractivity contribution in [2.45, 2.75) is 0 Å². The topological polar surface area (TPSA) is 60.4 Å². The standard InChI is InChI=1S/C12H12O4S/c1-16-12(13)10-4-2-9(3-5-10)11-6-7-17(14,15)8-11/h2-6H,7-8H2,1H3. The third kappa shape index (κ3) is 2.55. The lowest BCUT2D eigenvalue weighted by atomic mass is 10.1. The summed E-state index contributed by atoms with van der Waals surface area (Å²) in [5, 5.41) is 0. The molecule has 1 aliphatic rings. The van der Waals surface area contributed by atoms with Crippen LogP contribution in [0.1, 0.15) is 15.9 Å². The van der Waals surface area contributed by atoms with E-state index in [-0.39, 0.29) is 11.5 Å². The number of rotatable bonds is 2. The maximum atomic E-state index is 11.3. The zero-order chi connectivity index (χ0) is 12.5. The van der Waals surface area contributed by atoms with E-state index in [0.29, 0.717) is 5.56 Å². The van der Waals surface area contributed by atoms with Gasteiger partial charge < -0.3 is 4.74 Å². The fraction of sp³-hybridized carbons (Fsp3) is 0.250. The first kappa shape index (κ1) is 11.9. The summed E-state index contributed by atoms with van der Waals surface area (Å²) < 4.78 is 27.2. The van der Waals surface area contributed by atoms with Crippen LogP contribution in [0.2, 0.25) is 0 Å². The molecule has 0 atom stereocenters. The normalized spacial score (nSPS) is 17.6. The van der Waals surface area contributed by atoms with Crippen LogP contribution in [0.5, 0.6) is 0 Å². The number of esters is 1. The minimum atomic E-state index is -2.96. The van der Waals surface area contributed by atoms with Crippen LogP contribution in [0.15, 0.2) is 30.3 Å². The average Bonchev–Trinajstić information content (AvgIpc) is 2.69. The summed E-state index contributed by atoms with van der Waals surface area (Å²) in [6, 6.07) is 6.73. The highest BCUT2D eigenvalue weighted by Gasteiger charge is 2.20. The fourth-order valence-electron chi connectivity index (χ4n) is 1.72. The molecule has 2 rings (SSSR count).